The fourth-order valence-electron chi connectivity index (χ4n) is 3.33. The lowest BCUT2D eigenvalue weighted by atomic mass is 10.1. The molecule has 0 unspecified atom stereocenters. The van der Waals surface area contributed by atoms with Crippen LogP contribution in [0.1, 0.15) is 10.4 Å². The number of hydrogen-bond donors (Lipinski definition) is 0. The number of thiazole rings is 1. The Bertz CT molecular complexity index is 1030. The largest absolute Gasteiger partial charge is 0.454 e. The number of nitrogens with zero attached hydrogens (tertiary/aromatic N) is 3. The summed E-state index contributed by atoms with van der Waals surface area (Å²) in [6.45, 7) is 3.11. The highest BCUT2D eigenvalue weighted by molar-refractivity contribution is 9.10. The van der Waals surface area contributed by atoms with E-state index in [1.54, 1.807) is 29.5 Å². The lowest BCUT2D eigenvalue weighted by Gasteiger charge is -2.34. The monoisotopic (exact) mass is 445 g/mol. The molecule has 0 atom stereocenters. The summed E-state index contributed by atoms with van der Waals surface area (Å²) in [4.78, 5) is 21.7. The van der Waals surface area contributed by atoms with Crippen LogP contribution >= 0.6 is 27.3 Å². The first-order chi connectivity index (χ1) is 13.2. The molecular weight excluding hydrogens is 430 g/mol. The standard InChI is InChI=1S/C19H16BrN3O3S/c20-13-2-3-14-17(10-13)27-19(21-14)23-7-5-22(6-8-23)18(24)12-1-4-15-16(9-12)26-11-25-15/h1-4,9-10H,5-8,11H2. The number of benzene rings is 2. The molecule has 138 valence electrons. The van der Waals surface area contributed by atoms with Gasteiger partial charge in [0.25, 0.3) is 5.91 Å². The second kappa shape index (κ2) is 6.69. The zero-order chi connectivity index (χ0) is 18.4. The third-order valence-electron chi connectivity index (χ3n) is 4.80. The summed E-state index contributed by atoms with van der Waals surface area (Å²) < 4.78 is 12.9. The molecule has 1 aromatic heterocycles. The Hall–Kier alpha value is -2.32. The number of halogens is 1. The van der Waals surface area contributed by atoms with E-state index in [0.29, 0.717) is 30.2 Å². The quantitative estimate of drug-likeness (QED) is 0.601. The molecule has 0 saturated carbocycles. The maximum Gasteiger partial charge on any atom is 0.254 e. The van der Waals surface area contributed by atoms with E-state index in [2.05, 4.69) is 26.9 Å². The number of fused-ring (bicyclic) bond motifs is 2. The van der Waals surface area contributed by atoms with E-state index in [-0.39, 0.29) is 12.7 Å². The van der Waals surface area contributed by atoms with Gasteiger partial charge in [0, 0.05) is 36.2 Å². The van der Waals surface area contributed by atoms with Crippen LogP contribution in [0.5, 0.6) is 11.5 Å². The second-order valence-electron chi connectivity index (χ2n) is 6.46. The molecule has 5 rings (SSSR count). The minimum absolute atomic E-state index is 0.0289. The van der Waals surface area contributed by atoms with Gasteiger partial charge in [0.05, 0.1) is 10.2 Å². The van der Waals surface area contributed by atoms with Gasteiger partial charge in [0.1, 0.15) is 0 Å². The SMILES string of the molecule is O=C(c1ccc2c(c1)OCO2)N1CCN(c2nc3ccc(Br)cc3s2)CC1. The van der Waals surface area contributed by atoms with Gasteiger partial charge < -0.3 is 19.3 Å². The van der Waals surface area contributed by atoms with E-state index in [0.717, 1.165) is 28.2 Å². The Balaban J connectivity index is 1.28. The average Bonchev–Trinajstić information content (AvgIpc) is 3.33. The topological polar surface area (TPSA) is 54.9 Å². The zero-order valence-corrected chi connectivity index (χ0v) is 16.8. The van der Waals surface area contributed by atoms with E-state index in [9.17, 15) is 4.79 Å². The fraction of sp³-hybridized carbons (Fsp3) is 0.263. The number of aromatic nitrogens is 1. The molecule has 0 N–H and O–H groups in total. The first kappa shape index (κ1) is 16.8. The van der Waals surface area contributed by atoms with Crippen LogP contribution in [0.2, 0.25) is 0 Å². The zero-order valence-electron chi connectivity index (χ0n) is 14.4. The van der Waals surface area contributed by atoms with Gasteiger partial charge >= 0.3 is 0 Å². The Morgan fingerprint density at radius 3 is 2.70 bits per heavy atom. The van der Waals surface area contributed by atoms with Crippen molar-refractivity contribution in [2.24, 2.45) is 0 Å². The van der Waals surface area contributed by atoms with Crippen LogP contribution in [0.4, 0.5) is 5.13 Å². The van der Waals surface area contributed by atoms with Crippen molar-refractivity contribution in [2.75, 3.05) is 37.9 Å². The molecule has 3 heterocycles. The van der Waals surface area contributed by atoms with Gasteiger partial charge in [-0.05, 0) is 36.4 Å². The molecule has 0 aliphatic carbocycles. The van der Waals surface area contributed by atoms with Gasteiger partial charge in [-0.25, -0.2) is 4.98 Å². The first-order valence-corrected chi connectivity index (χ1v) is 10.3. The predicted octanol–water partition coefficient (Wildman–Crippen LogP) is 3.75. The Labute approximate surface area is 168 Å². The minimum Gasteiger partial charge on any atom is -0.454 e. The normalized spacial score (nSPS) is 16.2. The van der Waals surface area contributed by atoms with E-state index < -0.39 is 0 Å². The summed E-state index contributed by atoms with van der Waals surface area (Å²) in [7, 11) is 0. The van der Waals surface area contributed by atoms with Crippen molar-refractivity contribution in [3.05, 3.63) is 46.4 Å². The van der Waals surface area contributed by atoms with E-state index in [4.69, 9.17) is 14.5 Å². The Morgan fingerprint density at radius 1 is 1.04 bits per heavy atom. The molecule has 2 aliphatic heterocycles. The molecule has 0 radical (unpaired) electrons. The highest BCUT2D eigenvalue weighted by Crippen LogP contribution is 2.34. The smallest absolute Gasteiger partial charge is 0.254 e. The van der Waals surface area contributed by atoms with Crippen LogP contribution in [0.15, 0.2) is 40.9 Å². The summed E-state index contributed by atoms with van der Waals surface area (Å²) in [5, 5.41) is 1.01. The van der Waals surface area contributed by atoms with Crippen LogP contribution in [0, 0.1) is 0 Å². The van der Waals surface area contributed by atoms with Crippen molar-refractivity contribution in [3.63, 3.8) is 0 Å². The number of carbonyl (C=O) groups excluding carboxylic acids is 1. The Morgan fingerprint density at radius 2 is 1.85 bits per heavy atom. The van der Waals surface area contributed by atoms with Crippen molar-refractivity contribution < 1.29 is 14.3 Å². The number of amides is 1. The maximum atomic E-state index is 12.8. The molecule has 2 aliphatic rings. The number of hydrogen-bond acceptors (Lipinski definition) is 6. The van der Waals surface area contributed by atoms with E-state index in [1.165, 1.54) is 4.70 Å². The summed E-state index contributed by atoms with van der Waals surface area (Å²) in [6, 6.07) is 11.5. The predicted molar refractivity (Wildman–Crippen MR) is 108 cm³/mol. The number of anilines is 1. The first-order valence-electron chi connectivity index (χ1n) is 8.67. The molecule has 27 heavy (non-hydrogen) atoms. The Kier molecular flexibility index (Phi) is 4.17. The molecule has 1 amide bonds. The van der Waals surface area contributed by atoms with Gasteiger partial charge in [-0.2, -0.15) is 0 Å². The second-order valence-corrected chi connectivity index (χ2v) is 8.38. The van der Waals surface area contributed by atoms with Crippen molar-refractivity contribution in [1.82, 2.24) is 9.88 Å². The van der Waals surface area contributed by atoms with Gasteiger partial charge in [-0.1, -0.05) is 27.3 Å². The van der Waals surface area contributed by atoms with Crippen molar-refractivity contribution >= 4 is 48.5 Å². The van der Waals surface area contributed by atoms with Crippen LogP contribution in [0.3, 0.4) is 0 Å². The summed E-state index contributed by atoms with van der Waals surface area (Å²) in [6.07, 6.45) is 0. The molecule has 3 aromatic rings. The van der Waals surface area contributed by atoms with Gasteiger partial charge in [0.2, 0.25) is 6.79 Å². The molecule has 8 heteroatoms. The maximum absolute atomic E-state index is 12.8. The molecular formula is C19H16BrN3O3S. The molecule has 1 saturated heterocycles. The summed E-state index contributed by atoms with van der Waals surface area (Å²) >= 11 is 5.19. The van der Waals surface area contributed by atoms with Crippen LogP contribution in [0.25, 0.3) is 10.2 Å². The fourth-order valence-corrected chi connectivity index (χ4v) is 4.90. The molecule has 1 fully saturated rings. The van der Waals surface area contributed by atoms with E-state index in [1.807, 2.05) is 17.0 Å². The molecule has 0 bridgehead atoms. The highest BCUT2D eigenvalue weighted by atomic mass is 79.9. The van der Waals surface area contributed by atoms with Gasteiger partial charge in [-0.3, -0.25) is 4.79 Å². The van der Waals surface area contributed by atoms with E-state index >= 15 is 0 Å². The van der Waals surface area contributed by atoms with Crippen molar-refractivity contribution in [1.29, 1.82) is 0 Å². The van der Waals surface area contributed by atoms with Gasteiger partial charge in [-0.15, -0.1) is 0 Å². The number of rotatable bonds is 2. The molecule has 0 spiro atoms. The minimum atomic E-state index is 0.0289. The summed E-state index contributed by atoms with van der Waals surface area (Å²) in [5.74, 6) is 1.36. The molecule has 6 nitrogen and oxygen atoms in total. The number of piperazine rings is 1. The van der Waals surface area contributed by atoms with Gasteiger partial charge in [0.15, 0.2) is 16.6 Å². The highest BCUT2D eigenvalue weighted by Gasteiger charge is 2.25. The summed E-state index contributed by atoms with van der Waals surface area (Å²) in [5.41, 5.74) is 1.65. The van der Waals surface area contributed by atoms with Crippen LogP contribution in [-0.4, -0.2) is 48.8 Å². The number of carbonyl (C=O) groups is 1. The third-order valence-corrected chi connectivity index (χ3v) is 6.37. The van der Waals surface area contributed by atoms with Crippen molar-refractivity contribution in [2.45, 2.75) is 0 Å². The van der Waals surface area contributed by atoms with Crippen LogP contribution in [-0.2, 0) is 0 Å². The molecule has 2 aromatic carbocycles. The third kappa shape index (κ3) is 3.12. The lowest BCUT2D eigenvalue weighted by Crippen LogP contribution is -2.48. The van der Waals surface area contributed by atoms with Crippen molar-refractivity contribution in [3.8, 4) is 11.5 Å². The lowest BCUT2D eigenvalue weighted by molar-refractivity contribution is 0.0746. The van der Waals surface area contributed by atoms with Crippen LogP contribution < -0.4 is 14.4 Å². The average molecular weight is 446 g/mol. The number of ether oxygens (including phenoxy) is 2.